The number of fused-ring (bicyclic) bond motifs is 1. The van der Waals surface area contributed by atoms with Crippen LogP contribution in [-0.2, 0) is 6.54 Å². The fourth-order valence-electron chi connectivity index (χ4n) is 3.96. The van der Waals surface area contributed by atoms with E-state index in [4.69, 9.17) is 14.5 Å². The highest BCUT2D eigenvalue weighted by atomic mass is 32.1. The molecule has 1 aromatic heterocycles. The minimum atomic E-state index is 0.398. The van der Waals surface area contributed by atoms with Crippen LogP contribution in [0.15, 0.2) is 40.7 Å². The Bertz CT molecular complexity index is 819. The number of hydrogen-bond acceptors (Lipinski definition) is 5. The van der Waals surface area contributed by atoms with Gasteiger partial charge in [-0.05, 0) is 62.0 Å². The lowest BCUT2D eigenvalue weighted by molar-refractivity contribution is 0.249. The van der Waals surface area contributed by atoms with Crippen molar-refractivity contribution < 1.29 is 9.47 Å². The van der Waals surface area contributed by atoms with Crippen LogP contribution in [0.25, 0.3) is 0 Å². The molecule has 162 valence electrons. The van der Waals surface area contributed by atoms with Crippen molar-refractivity contribution in [1.82, 2.24) is 15.5 Å². The second kappa shape index (κ2) is 10.7. The van der Waals surface area contributed by atoms with Gasteiger partial charge < -0.3 is 20.1 Å². The van der Waals surface area contributed by atoms with E-state index >= 15 is 0 Å². The first-order valence-corrected chi connectivity index (χ1v) is 11.9. The second-order valence-corrected chi connectivity index (χ2v) is 8.66. The standard InChI is InChI=1S/C23H32N4O2S/c1-2-24-23(25-16-18-8-9-20-21(15-18)29-13-6-12-28-20)26-17-19(22-7-5-14-30-22)27-10-3-4-11-27/h5,7-9,14-15,19H,2-4,6,10-13,16-17H2,1H3,(H2,24,25,26). The first-order chi connectivity index (χ1) is 14.8. The van der Waals surface area contributed by atoms with Gasteiger partial charge in [-0.15, -0.1) is 11.3 Å². The van der Waals surface area contributed by atoms with Gasteiger partial charge in [-0.3, -0.25) is 4.90 Å². The summed E-state index contributed by atoms with van der Waals surface area (Å²) in [6.07, 6.45) is 3.50. The predicted molar refractivity (Wildman–Crippen MR) is 123 cm³/mol. The predicted octanol–water partition coefficient (Wildman–Crippen LogP) is 3.80. The number of hydrogen-bond donors (Lipinski definition) is 2. The number of aliphatic imine (C=N–C) groups is 1. The molecule has 0 spiro atoms. The Morgan fingerprint density at radius 3 is 2.70 bits per heavy atom. The van der Waals surface area contributed by atoms with Gasteiger partial charge in [0, 0.05) is 24.4 Å². The molecule has 2 aromatic rings. The summed E-state index contributed by atoms with van der Waals surface area (Å²) in [5.41, 5.74) is 1.12. The van der Waals surface area contributed by atoms with Gasteiger partial charge >= 0.3 is 0 Å². The number of rotatable bonds is 7. The summed E-state index contributed by atoms with van der Waals surface area (Å²) >= 11 is 1.84. The van der Waals surface area contributed by atoms with E-state index in [1.165, 1.54) is 30.8 Å². The summed E-state index contributed by atoms with van der Waals surface area (Å²) in [4.78, 5) is 8.83. The van der Waals surface area contributed by atoms with Crippen LogP contribution in [0, 0.1) is 0 Å². The molecular weight excluding hydrogens is 396 g/mol. The van der Waals surface area contributed by atoms with Crippen molar-refractivity contribution in [2.45, 2.75) is 38.8 Å². The number of benzene rings is 1. The van der Waals surface area contributed by atoms with E-state index in [-0.39, 0.29) is 0 Å². The minimum absolute atomic E-state index is 0.398. The van der Waals surface area contributed by atoms with E-state index in [1.54, 1.807) is 0 Å². The molecule has 1 atom stereocenters. The number of likely N-dealkylation sites (tertiary alicyclic amines) is 1. The third kappa shape index (κ3) is 5.46. The van der Waals surface area contributed by atoms with Crippen molar-refractivity contribution >= 4 is 17.3 Å². The molecular formula is C23H32N4O2S. The van der Waals surface area contributed by atoms with Gasteiger partial charge in [0.05, 0.1) is 25.8 Å². The first-order valence-electron chi connectivity index (χ1n) is 11.0. The third-order valence-corrected chi connectivity index (χ3v) is 6.47. The van der Waals surface area contributed by atoms with E-state index in [9.17, 15) is 0 Å². The number of guanidine groups is 1. The Morgan fingerprint density at radius 1 is 1.10 bits per heavy atom. The highest BCUT2D eigenvalue weighted by Crippen LogP contribution is 2.31. The molecule has 0 aliphatic carbocycles. The average Bonchev–Trinajstić information content (AvgIpc) is 3.44. The number of nitrogens with one attached hydrogen (secondary N) is 2. The average molecular weight is 429 g/mol. The van der Waals surface area contributed by atoms with Crippen LogP contribution in [0.2, 0.25) is 0 Å². The lowest BCUT2D eigenvalue weighted by Crippen LogP contribution is -2.42. The van der Waals surface area contributed by atoms with Crippen LogP contribution in [0.5, 0.6) is 11.5 Å². The highest BCUT2D eigenvalue weighted by Gasteiger charge is 2.24. The molecule has 3 heterocycles. The SMILES string of the molecule is CCNC(=NCc1ccc2c(c1)OCCCO2)NCC(c1cccs1)N1CCCC1. The van der Waals surface area contributed by atoms with Gasteiger partial charge in [0.2, 0.25) is 0 Å². The Labute approximate surface area is 183 Å². The Morgan fingerprint density at radius 2 is 1.93 bits per heavy atom. The maximum Gasteiger partial charge on any atom is 0.191 e. The number of nitrogens with zero attached hydrogens (tertiary/aromatic N) is 2. The fraction of sp³-hybridized carbons (Fsp3) is 0.522. The number of ether oxygens (including phenoxy) is 2. The molecule has 7 heteroatoms. The van der Waals surface area contributed by atoms with E-state index in [1.807, 2.05) is 23.5 Å². The summed E-state index contributed by atoms with van der Waals surface area (Å²) in [5, 5.41) is 9.13. The quantitative estimate of drug-likeness (QED) is 0.519. The molecule has 1 saturated heterocycles. The molecule has 2 aliphatic rings. The normalized spacial score (nSPS) is 18.1. The molecule has 1 fully saturated rings. The first kappa shape index (κ1) is 21.0. The van der Waals surface area contributed by atoms with Crippen molar-refractivity contribution in [3.8, 4) is 11.5 Å². The van der Waals surface area contributed by atoms with Crippen LogP contribution in [0.3, 0.4) is 0 Å². The van der Waals surface area contributed by atoms with Crippen molar-refractivity contribution in [2.24, 2.45) is 4.99 Å². The zero-order valence-electron chi connectivity index (χ0n) is 17.7. The van der Waals surface area contributed by atoms with Gasteiger partial charge in [-0.1, -0.05) is 12.1 Å². The zero-order chi connectivity index (χ0) is 20.6. The molecule has 30 heavy (non-hydrogen) atoms. The Kier molecular flexibility index (Phi) is 7.48. The van der Waals surface area contributed by atoms with Crippen LogP contribution in [0.4, 0.5) is 0 Å². The molecule has 2 aliphatic heterocycles. The molecule has 2 N–H and O–H groups in total. The van der Waals surface area contributed by atoms with Gasteiger partial charge in [-0.25, -0.2) is 4.99 Å². The number of thiophene rings is 1. The van der Waals surface area contributed by atoms with Gasteiger partial charge in [0.25, 0.3) is 0 Å². The van der Waals surface area contributed by atoms with Crippen molar-refractivity contribution in [3.63, 3.8) is 0 Å². The van der Waals surface area contributed by atoms with Gasteiger partial charge in [0.15, 0.2) is 17.5 Å². The van der Waals surface area contributed by atoms with Crippen LogP contribution in [0.1, 0.15) is 42.7 Å². The van der Waals surface area contributed by atoms with Crippen molar-refractivity contribution in [1.29, 1.82) is 0 Å². The van der Waals surface area contributed by atoms with Crippen LogP contribution >= 0.6 is 11.3 Å². The monoisotopic (exact) mass is 428 g/mol. The fourth-order valence-corrected chi connectivity index (χ4v) is 4.82. The van der Waals surface area contributed by atoms with Crippen LogP contribution in [-0.4, -0.2) is 50.3 Å². The molecule has 0 saturated carbocycles. The lowest BCUT2D eigenvalue weighted by atomic mass is 10.2. The zero-order valence-corrected chi connectivity index (χ0v) is 18.5. The van der Waals surface area contributed by atoms with Crippen molar-refractivity contribution in [2.75, 3.05) is 39.4 Å². The maximum atomic E-state index is 5.81. The van der Waals surface area contributed by atoms with Gasteiger partial charge in [0.1, 0.15) is 0 Å². The molecule has 4 rings (SSSR count). The lowest BCUT2D eigenvalue weighted by Gasteiger charge is -2.27. The summed E-state index contributed by atoms with van der Waals surface area (Å²) in [5.74, 6) is 2.50. The maximum absolute atomic E-state index is 5.81. The summed E-state index contributed by atoms with van der Waals surface area (Å²) in [6.45, 7) is 8.14. The van der Waals surface area contributed by atoms with E-state index in [2.05, 4.69) is 46.0 Å². The van der Waals surface area contributed by atoms with Crippen molar-refractivity contribution in [3.05, 3.63) is 46.2 Å². The molecule has 1 aromatic carbocycles. The largest absolute Gasteiger partial charge is 0.490 e. The van der Waals surface area contributed by atoms with E-state index in [0.717, 1.165) is 42.5 Å². The Hall–Kier alpha value is -2.25. The second-order valence-electron chi connectivity index (χ2n) is 7.68. The molecule has 0 bridgehead atoms. The minimum Gasteiger partial charge on any atom is -0.490 e. The smallest absolute Gasteiger partial charge is 0.191 e. The van der Waals surface area contributed by atoms with Gasteiger partial charge in [-0.2, -0.15) is 0 Å². The molecule has 0 amide bonds. The summed E-state index contributed by atoms with van der Waals surface area (Å²) < 4.78 is 11.5. The summed E-state index contributed by atoms with van der Waals surface area (Å²) in [6, 6.07) is 10.9. The summed E-state index contributed by atoms with van der Waals surface area (Å²) in [7, 11) is 0. The van der Waals surface area contributed by atoms with E-state index < -0.39 is 0 Å². The molecule has 1 unspecified atom stereocenters. The molecule has 6 nitrogen and oxygen atoms in total. The molecule has 0 radical (unpaired) electrons. The third-order valence-electron chi connectivity index (χ3n) is 5.49. The van der Waals surface area contributed by atoms with Crippen LogP contribution < -0.4 is 20.1 Å². The highest BCUT2D eigenvalue weighted by molar-refractivity contribution is 7.10. The Balaban J connectivity index is 1.41. The van der Waals surface area contributed by atoms with E-state index in [0.29, 0.717) is 25.8 Å². The topological polar surface area (TPSA) is 58.1 Å².